The second-order valence-electron chi connectivity index (χ2n) is 5.02. The molecule has 0 spiro atoms. The molecule has 0 fully saturated rings. The topological polar surface area (TPSA) is 84.3 Å². The molecule has 2 aromatic rings. The van der Waals surface area contributed by atoms with Gasteiger partial charge >= 0.3 is 0 Å². The standard InChI is InChI=1S/C16H13Cl2N3O3S/c17-12-4-2-1-3-10(12)5-8-15(22)20-16(25)19-11-6-7-13(18)14(9-11)21(23)24/h1-4,6-7,9H,5,8H2,(H2,19,20,22,25). The quantitative estimate of drug-likeness (QED) is 0.445. The summed E-state index contributed by atoms with van der Waals surface area (Å²) in [6, 6.07) is 11.4. The van der Waals surface area contributed by atoms with Gasteiger partial charge in [-0.05, 0) is 42.4 Å². The molecule has 0 aliphatic carbocycles. The Morgan fingerprint density at radius 2 is 1.88 bits per heavy atom. The van der Waals surface area contributed by atoms with Crippen LogP contribution in [0.3, 0.4) is 0 Å². The highest BCUT2D eigenvalue weighted by Gasteiger charge is 2.14. The van der Waals surface area contributed by atoms with Crippen molar-refractivity contribution in [2.45, 2.75) is 12.8 Å². The third-order valence-electron chi connectivity index (χ3n) is 3.23. The zero-order chi connectivity index (χ0) is 18.4. The maximum atomic E-state index is 11.9. The molecule has 0 bridgehead atoms. The Bertz CT molecular complexity index is 830. The normalized spacial score (nSPS) is 10.2. The molecular weight excluding hydrogens is 385 g/mol. The van der Waals surface area contributed by atoms with Crippen LogP contribution in [-0.4, -0.2) is 15.9 Å². The third kappa shape index (κ3) is 5.67. The number of benzene rings is 2. The van der Waals surface area contributed by atoms with Gasteiger partial charge in [0.05, 0.1) is 4.92 Å². The van der Waals surface area contributed by atoms with E-state index in [1.54, 1.807) is 6.07 Å². The van der Waals surface area contributed by atoms with Crippen LogP contribution in [0.4, 0.5) is 11.4 Å². The van der Waals surface area contributed by atoms with Crippen molar-refractivity contribution in [3.8, 4) is 0 Å². The number of rotatable bonds is 5. The number of hydrogen-bond acceptors (Lipinski definition) is 4. The monoisotopic (exact) mass is 397 g/mol. The molecule has 9 heteroatoms. The number of carbonyl (C=O) groups is 1. The molecule has 0 heterocycles. The number of nitro benzene ring substituents is 1. The van der Waals surface area contributed by atoms with Gasteiger partial charge in [-0.15, -0.1) is 0 Å². The first-order chi connectivity index (χ1) is 11.9. The van der Waals surface area contributed by atoms with E-state index in [1.807, 2.05) is 18.2 Å². The molecule has 0 aromatic heterocycles. The van der Waals surface area contributed by atoms with Crippen LogP contribution in [0.15, 0.2) is 42.5 Å². The molecule has 0 saturated heterocycles. The molecule has 25 heavy (non-hydrogen) atoms. The van der Waals surface area contributed by atoms with E-state index < -0.39 is 4.92 Å². The van der Waals surface area contributed by atoms with Crippen LogP contribution >= 0.6 is 35.4 Å². The van der Waals surface area contributed by atoms with E-state index >= 15 is 0 Å². The summed E-state index contributed by atoms with van der Waals surface area (Å²) in [7, 11) is 0. The second-order valence-corrected chi connectivity index (χ2v) is 6.24. The lowest BCUT2D eigenvalue weighted by Gasteiger charge is -2.10. The Labute approximate surface area is 159 Å². The molecule has 0 aliphatic rings. The number of aryl methyl sites for hydroxylation is 1. The first-order valence-electron chi connectivity index (χ1n) is 7.15. The van der Waals surface area contributed by atoms with Gasteiger partial charge in [-0.3, -0.25) is 14.9 Å². The highest BCUT2D eigenvalue weighted by atomic mass is 35.5. The number of nitrogens with one attached hydrogen (secondary N) is 2. The van der Waals surface area contributed by atoms with Crippen molar-refractivity contribution < 1.29 is 9.72 Å². The number of amides is 1. The fourth-order valence-electron chi connectivity index (χ4n) is 2.03. The summed E-state index contributed by atoms with van der Waals surface area (Å²) in [4.78, 5) is 22.2. The maximum absolute atomic E-state index is 11.9. The van der Waals surface area contributed by atoms with Crippen LogP contribution in [-0.2, 0) is 11.2 Å². The van der Waals surface area contributed by atoms with E-state index in [1.165, 1.54) is 18.2 Å². The number of nitrogens with zero attached hydrogens (tertiary/aromatic N) is 1. The van der Waals surface area contributed by atoms with Gasteiger partial charge in [0, 0.05) is 23.2 Å². The van der Waals surface area contributed by atoms with Gasteiger partial charge in [0.25, 0.3) is 5.69 Å². The van der Waals surface area contributed by atoms with Crippen LogP contribution in [0.25, 0.3) is 0 Å². The Hall–Kier alpha value is -2.22. The van der Waals surface area contributed by atoms with Crippen molar-refractivity contribution in [2.24, 2.45) is 0 Å². The Balaban J connectivity index is 1.89. The zero-order valence-electron chi connectivity index (χ0n) is 12.8. The van der Waals surface area contributed by atoms with Crippen LogP contribution < -0.4 is 10.6 Å². The van der Waals surface area contributed by atoms with E-state index in [0.29, 0.717) is 17.1 Å². The predicted octanol–water partition coefficient (Wildman–Crippen LogP) is 4.35. The minimum Gasteiger partial charge on any atom is -0.332 e. The summed E-state index contributed by atoms with van der Waals surface area (Å²) in [6.07, 6.45) is 0.673. The van der Waals surface area contributed by atoms with Crippen LogP contribution in [0.1, 0.15) is 12.0 Å². The molecular formula is C16H13Cl2N3O3S. The minimum atomic E-state index is -0.598. The van der Waals surface area contributed by atoms with Gasteiger partial charge in [0.1, 0.15) is 5.02 Å². The van der Waals surface area contributed by atoms with Crippen LogP contribution in [0.2, 0.25) is 10.0 Å². The largest absolute Gasteiger partial charge is 0.332 e. The van der Waals surface area contributed by atoms with Crippen molar-refractivity contribution in [3.63, 3.8) is 0 Å². The number of nitro groups is 1. The smallest absolute Gasteiger partial charge is 0.289 e. The molecule has 1 amide bonds. The van der Waals surface area contributed by atoms with Crippen molar-refractivity contribution in [3.05, 3.63) is 68.2 Å². The van der Waals surface area contributed by atoms with Crippen molar-refractivity contribution >= 4 is 57.8 Å². The summed E-state index contributed by atoms with van der Waals surface area (Å²) >= 11 is 16.8. The van der Waals surface area contributed by atoms with Gasteiger partial charge in [0.2, 0.25) is 5.91 Å². The van der Waals surface area contributed by atoms with E-state index in [9.17, 15) is 14.9 Å². The molecule has 6 nitrogen and oxygen atoms in total. The van der Waals surface area contributed by atoms with Gasteiger partial charge in [-0.1, -0.05) is 41.4 Å². The highest BCUT2D eigenvalue weighted by molar-refractivity contribution is 7.80. The molecule has 0 atom stereocenters. The molecule has 0 radical (unpaired) electrons. The second kappa shape index (κ2) is 8.75. The molecule has 0 saturated carbocycles. The van der Waals surface area contributed by atoms with E-state index in [-0.39, 0.29) is 28.2 Å². The SMILES string of the molecule is O=C(CCc1ccccc1Cl)NC(=S)Nc1ccc(Cl)c([N+](=O)[O-])c1. The fourth-order valence-corrected chi connectivity index (χ4v) is 2.68. The Morgan fingerprint density at radius 3 is 2.56 bits per heavy atom. The summed E-state index contributed by atoms with van der Waals surface area (Å²) in [5.41, 5.74) is 0.971. The molecule has 2 N–H and O–H groups in total. The van der Waals surface area contributed by atoms with Crippen LogP contribution in [0.5, 0.6) is 0 Å². The number of hydrogen-bond donors (Lipinski definition) is 2. The lowest BCUT2D eigenvalue weighted by atomic mass is 10.1. The van der Waals surface area contributed by atoms with E-state index in [0.717, 1.165) is 5.56 Å². The summed E-state index contributed by atoms with van der Waals surface area (Å²) in [6.45, 7) is 0. The van der Waals surface area contributed by atoms with Gasteiger partial charge in [-0.2, -0.15) is 0 Å². The molecule has 2 rings (SSSR count). The lowest BCUT2D eigenvalue weighted by molar-refractivity contribution is -0.384. The number of thiocarbonyl (C=S) groups is 1. The first-order valence-corrected chi connectivity index (χ1v) is 8.31. The molecule has 0 unspecified atom stereocenters. The highest BCUT2D eigenvalue weighted by Crippen LogP contribution is 2.27. The summed E-state index contributed by atoms with van der Waals surface area (Å²) in [5, 5.41) is 16.8. The van der Waals surface area contributed by atoms with E-state index in [2.05, 4.69) is 10.6 Å². The van der Waals surface area contributed by atoms with Crippen LogP contribution in [0, 0.1) is 10.1 Å². The van der Waals surface area contributed by atoms with Crippen molar-refractivity contribution in [1.82, 2.24) is 5.32 Å². The minimum absolute atomic E-state index is 0.0187. The average molecular weight is 398 g/mol. The predicted molar refractivity (Wildman–Crippen MR) is 102 cm³/mol. The first kappa shape index (κ1) is 19.1. The molecule has 130 valence electrons. The summed E-state index contributed by atoms with van der Waals surface area (Å²) in [5.74, 6) is -0.291. The number of anilines is 1. The van der Waals surface area contributed by atoms with Crippen molar-refractivity contribution in [1.29, 1.82) is 0 Å². The molecule has 2 aromatic carbocycles. The average Bonchev–Trinajstić information content (AvgIpc) is 2.55. The van der Waals surface area contributed by atoms with Gasteiger partial charge in [0.15, 0.2) is 5.11 Å². The maximum Gasteiger partial charge on any atom is 0.289 e. The lowest BCUT2D eigenvalue weighted by Crippen LogP contribution is -2.34. The number of carbonyl (C=O) groups excluding carboxylic acids is 1. The van der Waals surface area contributed by atoms with Crippen molar-refractivity contribution in [2.75, 3.05) is 5.32 Å². The molecule has 0 aliphatic heterocycles. The third-order valence-corrected chi connectivity index (χ3v) is 4.13. The fraction of sp³-hybridized carbons (Fsp3) is 0.125. The van der Waals surface area contributed by atoms with Gasteiger partial charge < -0.3 is 10.6 Å². The van der Waals surface area contributed by atoms with E-state index in [4.69, 9.17) is 35.4 Å². The Kier molecular flexibility index (Phi) is 6.69. The zero-order valence-corrected chi connectivity index (χ0v) is 15.1. The summed E-state index contributed by atoms with van der Waals surface area (Å²) < 4.78 is 0. The van der Waals surface area contributed by atoms with Gasteiger partial charge in [-0.25, -0.2) is 0 Å². The number of halogens is 2. The Morgan fingerprint density at radius 1 is 1.16 bits per heavy atom.